The van der Waals surface area contributed by atoms with Crippen molar-refractivity contribution >= 4 is 28.6 Å². The van der Waals surface area contributed by atoms with Crippen LogP contribution in [0.1, 0.15) is 5.56 Å². The molecule has 0 spiro atoms. The van der Waals surface area contributed by atoms with Crippen molar-refractivity contribution in [3.8, 4) is 5.75 Å². The third kappa shape index (κ3) is 1.66. The van der Waals surface area contributed by atoms with Crippen molar-refractivity contribution in [3.05, 3.63) is 28.2 Å². The molecule has 1 aliphatic heterocycles. The van der Waals surface area contributed by atoms with E-state index in [1.54, 1.807) is 7.11 Å². The van der Waals surface area contributed by atoms with Gasteiger partial charge in [0.1, 0.15) is 5.75 Å². The Bertz CT molecular complexity index is 350. The number of ether oxygens (including phenoxy) is 2. The Hall–Kier alpha value is -0.190. The Kier molecular flexibility index (Phi) is 2.77. The SMILES string of the molecule is COc1ccc(C2(S)COC2)cc1Br. The van der Waals surface area contributed by atoms with Crippen molar-refractivity contribution in [1.82, 2.24) is 0 Å². The molecule has 0 amide bonds. The summed E-state index contributed by atoms with van der Waals surface area (Å²) >= 11 is 8.04. The van der Waals surface area contributed by atoms with Gasteiger partial charge in [-0.05, 0) is 33.6 Å². The molecule has 0 aliphatic carbocycles. The average Bonchev–Trinajstić information content (AvgIpc) is 2.14. The maximum Gasteiger partial charge on any atom is 0.133 e. The van der Waals surface area contributed by atoms with E-state index < -0.39 is 0 Å². The number of halogens is 1. The number of thiol groups is 1. The van der Waals surface area contributed by atoms with E-state index in [9.17, 15) is 0 Å². The van der Waals surface area contributed by atoms with Gasteiger partial charge in [0.25, 0.3) is 0 Å². The van der Waals surface area contributed by atoms with E-state index in [1.165, 1.54) is 5.56 Å². The Labute approximate surface area is 97.1 Å². The molecule has 1 saturated heterocycles. The monoisotopic (exact) mass is 274 g/mol. The summed E-state index contributed by atoms with van der Waals surface area (Å²) in [7, 11) is 1.66. The van der Waals surface area contributed by atoms with Gasteiger partial charge in [-0.15, -0.1) is 0 Å². The van der Waals surface area contributed by atoms with E-state index in [1.807, 2.05) is 18.2 Å². The predicted molar refractivity (Wildman–Crippen MR) is 62.2 cm³/mol. The Morgan fingerprint density at radius 3 is 2.64 bits per heavy atom. The number of rotatable bonds is 2. The Morgan fingerprint density at radius 2 is 2.21 bits per heavy atom. The summed E-state index contributed by atoms with van der Waals surface area (Å²) in [6.45, 7) is 1.35. The van der Waals surface area contributed by atoms with Gasteiger partial charge in [0.15, 0.2) is 0 Å². The molecule has 0 saturated carbocycles. The molecule has 0 atom stereocenters. The lowest BCUT2D eigenvalue weighted by Crippen LogP contribution is -2.41. The lowest BCUT2D eigenvalue weighted by Gasteiger charge is -2.37. The summed E-state index contributed by atoms with van der Waals surface area (Å²) in [5.41, 5.74) is 1.17. The first-order chi connectivity index (χ1) is 6.65. The molecule has 2 nitrogen and oxygen atoms in total. The lowest BCUT2D eigenvalue weighted by molar-refractivity contribution is -0.00973. The second-order valence-electron chi connectivity index (χ2n) is 3.37. The van der Waals surface area contributed by atoms with Crippen molar-refractivity contribution in [2.75, 3.05) is 20.3 Å². The zero-order chi connectivity index (χ0) is 10.2. The van der Waals surface area contributed by atoms with Crippen LogP contribution in [0.15, 0.2) is 22.7 Å². The molecule has 0 radical (unpaired) electrons. The van der Waals surface area contributed by atoms with E-state index in [-0.39, 0.29) is 4.75 Å². The summed E-state index contributed by atoms with van der Waals surface area (Å²) in [6, 6.07) is 6.00. The molecule has 0 bridgehead atoms. The zero-order valence-electron chi connectivity index (χ0n) is 7.79. The van der Waals surface area contributed by atoms with Gasteiger partial charge in [-0.25, -0.2) is 0 Å². The highest BCUT2D eigenvalue weighted by Crippen LogP contribution is 2.39. The van der Waals surface area contributed by atoms with Gasteiger partial charge in [-0.2, -0.15) is 12.6 Å². The minimum Gasteiger partial charge on any atom is -0.496 e. The van der Waals surface area contributed by atoms with Crippen molar-refractivity contribution in [3.63, 3.8) is 0 Å². The molecular formula is C10H11BrO2S. The van der Waals surface area contributed by atoms with Crippen LogP contribution in [0.4, 0.5) is 0 Å². The minimum absolute atomic E-state index is 0.116. The van der Waals surface area contributed by atoms with Crippen LogP contribution in [0.2, 0.25) is 0 Å². The van der Waals surface area contributed by atoms with E-state index in [0.29, 0.717) is 13.2 Å². The van der Waals surface area contributed by atoms with E-state index in [0.717, 1.165) is 10.2 Å². The van der Waals surface area contributed by atoms with Gasteiger partial charge in [0.2, 0.25) is 0 Å². The van der Waals surface area contributed by atoms with Crippen LogP contribution in [-0.2, 0) is 9.48 Å². The van der Waals surface area contributed by atoms with E-state index >= 15 is 0 Å². The maximum absolute atomic E-state index is 5.17. The van der Waals surface area contributed by atoms with Crippen molar-refractivity contribution in [2.24, 2.45) is 0 Å². The van der Waals surface area contributed by atoms with Gasteiger partial charge < -0.3 is 9.47 Å². The molecule has 1 fully saturated rings. The summed E-state index contributed by atoms with van der Waals surface area (Å²) in [6.07, 6.45) is 0. The standard InChI is InChI=1S/C10H11BrO2S/c1-12-9-3-2-7(4-8(9)11)10(14)5-13-6-10/h2-4,14H,5-6H2,1H3. The molecule has 0 aromatic heterocycles. The number of benzene rings is 1. The summed E-state index contributed by atoms with van der Waals surface area (Å²) in [4.78, 5) is 0. The maximum atomic E-state index is 5.17. The molecule has 2 rings (SSSR count). The first kappa shape index (κ1) is 10.3. The van der Waals surface area contributed by atoms with Crippen LogP contribution in [0.5, 0.6) is 5.75 Å². The quantitative estimate of drug-likeness (QED) is 0.836. The Balaban J connectivity index is 2.32. The highest BCUT2D eigenvalue weighted by Gasteiger charge is 2.36. The highest BCUT2D eigenvalue weighted by atomic mass is 79.9. The second-order valence-corrected chi connectivity index (χ2v) is 5.08. The molecule has 76 valence electrons. The van der Waals surface area contributed by atoms with Crippen molar-refractivity contribution in [2.45, 2.75) is 4.75 Å². The van der Waals surface area contributed by atoms with Gasteiger partial charge in [-0.3, -0.25) is 0 Å². The van der Waals surface area contributed by atoms with Crippen LogP contribution >= 0.6 is 28.6 Å². The zero-order valence-corrected chi connectivity index (χ0v) is 10.3. The predicted octanol–water partition coefficient (Wildman–Crippen LogP) is 2.61. The fourth-order valence-electron chi connectivity index (χ4n) is 1.42. The number of methoxy groups -OCH3 is 1. The fourth-order valence-corrected chi connectivity index (χ4v) is 2.28. The highest BCUT2D eigenvalue weighted by molar-refractivity contribution is 9.10. The van der Waals surface area contributed by atoms with Gasteiger partial charge in [0.05, 0.1) is 29.5 Å². The van der Waals surface area contributed by atoms with Gasteiger partial charge >= 0.3 is 0 Å². The lowest BCUT2D eigenvalue weighted by atomic mass is 9.96. The summed E-state index contributed by atoms with van der Waals surface area (Å²) < 4.78 is 11.2. The summed E-state index contributed by atoms with van der Waals surface area (Å²) in [5, 5.41) is 0. The Morgan fingerprint density at radius 1 is 1.50 bits per heavy atom. The molecule has 0 unspecified atom stereocenters. The average molecular weight is 275 g/mol. The molecule has 4 heteroatoms. The van der Waals surface area contributed by atoms with Crippen LogP contribution in [0.25, 0.3) is 0 Å². The third-order valence-electron chi connectivity index (χ3n) is 2.37. The molecule has 1 aromatic carbocycles. The fraction of sp³-hybridized carbons (Fsp3) is 0.400. The first-order valence-electron chi connectivity index (χ1n) is 4.30. The van der Waals surface area contributed by atoms with Crippen LogP contribution < -0.4 is 4.74 Å². The van der Waals surface area contributed by atoms with Gasteiger partial charge in [-0.1, -0.05) is 6.07 Å². The largest absolute Gasteiger partial charge is 0.496 e. The first-order valence-corrected chi connectivity index (χ1v) is 5.54. The second kappa shape index (κ2) is 3.76. The summed E-state index contributed by atoms with van der Waals surface area (Å²) in [5.74, 6) is 0.839. The molecule has 14 heavy (non-hydrogen) atoms. The van der Waals surface area contributed by atoms with Crippen LogP contribution in [-0.4, -0.2) is 20.3 Å². The van der Waals surface area contributed by atoms with Crippen molar-refractivity contribution < 1.29 is 9.47 Å². The smallest absolute Gasteiger partial charge is 0.133 e. The third-order valence-corrected chi connectivity index (χ3v) is 3.51. The molecular weight excluding hydrogens is 264 g/mol. The van der Waals surface area contributed by atoms with E-state index in [2.05, 4.69) is 28.6 Å². The van der Waals surface area contributed by atoms with Crippen LogP contribution in [0, 0.1) is 0 Å². The molecule has 1 heterocycles. The topological polar surface area (TPSA) is 18.5 Å². The molecule has 1 aromatic rings. The molecule has 0 N–H and O–H groups in total. The van der Waals surface area contributed by atoms with Crippen molar-refractivity contribution in [1.29, 1.82) is 0 Å². The minimum atomic E-state index is -0.116. The van der Waals surface area contributed by atoms with E-state index in [4.69, 9.17) is 9.47 Å². The number of hydrogen-bond donors (Lipinski definition) is 1. The van der Waals surface area contributed by atoms with Crippen LogP contribution in [0.3, 0.4) is 0 Å². The molecule has 1 aliphatic rings. The number of hydrogen-bond acceptors (Lipinski definition) is 3. The normalized spacial score (nSPS) is 18.8. The van der Waals surface area contributed by atoms with Gasteiger partial charge in [0, 0.05) is 0 Å².